The van der Waals surface area contributed by atoms with E-state index in [1.54, 1.807) is 36.4 Å². The van der Waals surface area contributed by atoms with Crippen LogP contribution < -0.4 is 14.8 Å². The predicted molar refractivity (Wildman–Crippen MR) is 84.0 cm³/mol. The highest BCUT2D eigenvalue weighted by molar-refractivity contribution is 6.44. The van der Waals surface area contributed by atoms with Crippen LogP contribution in [0.1, 0.15) is 10.4 Å². The third kappa shape index (κ3) is 3.40. The molecule has 6 heteroatoms. The van der Waals surface area contributed by atoms with E-state index < -0.39 is 0 Å². The minimum Gasteiger partial charge on any atom is -0.497 e. The molecule has 2 aromatic carbocycles. The standard InChI is InChI=1S/C15H13Cl2NO3/c1-20-9-6-7-13(21-2)10(8-9)15(19)18-12-5-3-4-11(16)14(12)17/h3-8H,1-2H3,(H,18,19). The highest BCUT2D eigenvalue weighted by atomic mass is 35.5. The quantitative estimate of drug-likeness (QED) is 0.913. The van der Waals surface area contributed by atoms with Crippen LogP contribution in [0.25, 0.3) is 0 Å². The van der Waals surface area contributed by atoms with E-state index in [0.717, 1.165) is 0 Å². The Morgan fingerprint density at radius 3 is 2.52 bits per heavy atom. The van der Waals surface area contributed by atoms with Gasteiger partial charge in [-0.25, -0.2) is 0 Å². The lowest BCUT2D eigenvalue weighted by Crippen LogP contribution is -2.13. The van der Waals surface area contributed by atoms with Crippen molar-refractivity contribution in [3.05, 3.63) is 52.0 Å². The fourth-order valence-corrected chi connectivity index (χ4v) is 2.13. The first-order chi connectivity index (χ1) is 10.1. The summed E-state index contributed by atoms with van der Waals surface area (Å²) in [6.07, 6.45) is 0. The van der Waals surface area contributed by atoms with Gasteiger partial charge >= 0.3 is 0 Å². The Hall–Kier alpha value is -1.91. The molecule has 0 aliphatic rings. The Morgan fingerprint density at radius 2 is 1.86 bits per heavy atom. The van der Waals surface area contributed by atoms with Crippen molar-refractivity contribution >= 4 is 34.8 Å². The van der Waals surface area contributed by atoms with Gasteiger partial charge in [-0.3, -0.25) is 4.79 Å². The zero-order chi connectivity index (χ0) is 15.4. The maximum atomic E-state index is 12.4. The van der Waals surface area contributed by atoms with Crippen molar-refractivity contribution in [1.29, 1.82) is 0 Å². The number of amides is 1. The minimum atomic E-state index is -0.366. The molecule has 1 amide bonds. The zero-order valence-electron chi connectivity index (χ0n) is 11.4. The molecule has 21 heavy (non-hydrogen) atoms. The van der Waals surface area contributed by atoms with Gasteiger partial charge in [0.15, 0.2) is 0 Å². The maximum absolute atomic E-state index is 12.4. The van der Waals surface area contributed by atoms with Gasteiger partial charge < -0.3 is 14.8 Å². The van der Waals surface area contributed by atoms with Gasteiger partial charge in [-0.1, -0.05) is 29.3 Å². The number of hydrogen-bond donors (Lipinski definition) is 1. The van der Waals surface area contributed by atoms with Crippen LogP contribution in [0.4, 0.5) is 5.69 Å². The second-order valence-corrected chi connectivity index (χ2v) is 4.91. The SMILES string of the molecule is COc1ccc(OC)c(C(=O)Nc2cccc(Cl)c2Cl)c1. The average molecular weight is 326 g/mol. The normalized spacial score (nSPS) is 10.1. The topological polar surface area (TPSA) is 47.6 Å². The number of rotatable bonds is 4. The number of carbonyl (C=O) groups is 1. The number of halogens is 2. The summed E-state index contributed by atoms with van der Waals surface area (Å²) in [5, 5.41) is 3.36. The Balaban J connectivity index is 2.34. The highest BCUT2D eigenvalue weighted by Gasteiger charge is 2.15. The van der Waals surface area contributed by atoms with Gasteiger partial charge in [0.25, 0.3) is 5.91 Å². The molecule has 0 aliphatic carbocycles. The Kier molecular flexibility index (Phi) is 4.94. The summed E-state index contributed by atoms with van der Waals surface area (Å²) < 4.78 is 10.3. The molecule has 0 aromatic heterocycles. The number of ether oxygens (including phenoxy) is 2. The van der Waals surface area contributed by atoms with E-state index in [9.17, 15) is 4.79 Å². The fourth-order valence-electron chi connectivity index (χ4n) is 1.78. The van der Waals surface area contributed by atoms with Crippen molar-refractivity contribution in [1.82, 2.24) is 0 Å². The summed E-state index contributed by atoms with van der Waals surface area (Å²) in [5.74, 6) is 0.625. The molecule has 0 saturated heterocycles. The Morgan fingerprint density at radius 1 is 1.10 bits per heavy atom. The summed E-state index contributed by atoms with van der Waals surface area (Å²) in [5.41, 5.74) is 0.770. The molecule has 0 aliphatic heterocycles. The second kappa shape index (κ2) is 6.70. The molecular weight excluding hydrogens is 313 g/mol. The Labute approximate surface area is 132 Å². The minimum absolute atomic E-state index is 0.286. The molecule has 0 unspecified atom stereocenters. The molecule has 0 heterocycles. The smallest absolute Gasteiger partial charge is 0.259 e. The van der Waals surface area contributed by atoms with Gasteiger partial charge in [0.2, 0.25) is 0 Å². The lowest BCUT2D eigenvalue weighted by atomic mass is 10.1. The third-order valence-corrected chi connectivity index (χ3v) is 3.67. The van der Waals surface area contributed by atoms with Crippen molar-refractivity contribution in [3.8, 4) is 11.5 Å². The van der Waals surface area contributed by atoms with Crippen LogP contribution in [-0.4, -0.2) is 20.1 Å². The molecule has 0 radical (unpaired) electrons. The van der Waals surface area contributed by atoms with Crippen molar-refractivity contribution in [2.24, 2.45) is 0 Å². The maximum Gasteiger partial charge on any atom is 0.259 e. The van der Waals surface area contributed by atoms with E-state index in [0.29, 0.717) is 27.8 Å². The summed E-state index contributed by atoms with van der Waals surface area (Å²) in [6, 6.07) is 9.97. The van der Waals surface area contributed by atoms with E-state index in [4.69, 9.17) is 32.7 Å². The molecular formula is C15H13Cl2NO3. The van der Waals surface area contributed by atoms with E-state index in [-0.39, 0.29) is 10.9 Å². The molecule has 0 saturated carbocycles. The Bertz CT molecular complexity index is 674. The van der Waals surface area contributed by atoms with Gasteiger partial charge in [0.1, 0.15) is 11.5 Å². The zero-order valence-corrected chi connectivity index (χ0v) is 13.0. The van der Waals surface area contributed by atoms with Gasteiger partial charge in [-0.2, -0.15) is 0 Å². The number of nitrogens with one attached hydrogen (secondary N) is 1. The number of benzene rings is 2. The second-order valence-electron chi connectivity index (χ2n) is 4.12. The largest absolute Gasteiger partial charge is 0.497 e. The summed E-state index contributed by atoms with van der Waals surface area (Å²) in [6.45, 7) is 0. The number of anilines is 1. The summed E-state index contributed by atoms with van der Waals surface area (Å²) in [4.78, 5) is 12.4. The lowest BCUT2D eigenvalue weighted by molar-refractivity contribution is 0.102. The van der Waals surface area contributed by atoms with Crippen molar-refractivity contribution < 1.29 is 14.3 Å². The molecule has 0 bridgehead atoms. The average Bonchev–Trinajstić information content (AvgIpc) is 2.51. The van der Waals surface area contributed by atoms with Crippen LogP contribution >= 0.6 is 23.2 Å². The van der Waals surface area contributed by atoms with Gasteiger partial charge in [-0.05, 0) is 30.3 Å². The van der Waals surface area contributed by atoms with Crippen LogP contribution in [-0.2, 0) is 0 Å². The molecule has 0 spiro atoms. The van der Waals surface area contributed by atoms with E-state index in [1.165, 1.54) is 14.2 Å². The van der Waals surface area contributed by atoms with Crippen LogP contribution in [0.3, 0.4) is 0 Å². The van der Waals surface area contributed by atoms with E-state index in [1.807, 2.05) is 0 Å². The summed E-state index contributed by atoms with van der Waals surface area (Å²) in [7, 11) is 3.02. The van der Waals surface area contributed by atoms with Gasteiger partial charge in [0.05, 0.1) is 35.5 Å². The number of carbonyl (C=O) groups excluding carboxylic acids is 1. The van der Waals surface area contributed by atoms with E-state index in [2.05, 4.69) is 5.32 Å². The van der Waals surface area contributed by atoms with Crippen LogP contribution in [0.15, 0.2) is 36.4 Å². The number of hydrogen-bond acceptors (Lipinski definition) is 3. The van der Waals surface area contributed by atoms with Crippen LogP contribution in [0.2, 0.25) is 10.0 Å². The first-order valence-corrected chi connectivity index (χ1v) is 6.79. The third-order valence-electron chi connectivity index (χ3n) is 2.85. The molecule has 1 N–H and O–H groups in total. The van der Waals surface area contributed by atoms with E-state index >= 15 is 0 Å². The molecule has 2 rings (SSSR count). The monoisotopic (exact) mass is 325 g/mol. The van der Waals surface area contributed by atoms with Crippen molar-refractivity contribution in [2.75, 3.05) is 19.5 Å². The molecule has 0 fully saturated rings. The van der Waals surface area contributed by atoms with Crippen LogP contribution in [0.5, 0.6) is 11.5 Å². The van der Waals surface area contributed by atoms with Gasteiger partial charge in [-0.15, -0.1) is 0 Å². The summed E-state index contributed by atoms with van der Waals surface area (Å²) >= 11 is 12.0. The lowest BCUT2D eigenvalue weighted by Gasteiger charge is -2.12. The van der Waals surface area contributed by atoms with Gasteiger partial charge in [0, 0.05) is 0 Å². The molecule has 4 nitrogen and oxygen atoms in total. The molecule has 2 aromatic rings. The first kappa shape index (κ1) is 15.5. The molecule has 110 valence electrons. The highest BCUT2D eigenvalue weighted by Crippen LogP contribution is 2.31. The van der Waals surface area contributed by atoms with Crippen molar-refractivity contribution in [3.63, 3.8) is 0 Å². The fraction of sp³-hybridized carbons (Fsp3) is 0.133. The first-order valence-electron chi connectivity index (χ1n) is 6.04. The number of methoxy groups -OCH3 is 2. The predicted octanol–water partition coefficient (Wildman–Crippen LogP) is 4.26. The molecule has 0 atom stereocenters. The van der Waals surface area contributed by atoms with Crippen molar-refractivity contribution in [2.45, 2.75) is 0 Å². The van der Waals surface area contributed by atoms with Crippen LogP contribution in [0, 0.1) is 0 Å².